The molecule has 0 fully saturated rings. The first-order chi connectivity index (χ1) is 8.50. The van der Waals surface area contributed by atoms with Gasteiger partial charge in [-0.2, -0.15) is 26.3 Å². The van der Waals surface area contributed by atoms with Crippen LogP contribution in [0.3, 0.4) is 0 Å². The Morgan fingerprint density at radius 1 is 1.32 bits per heavy atom. The maximum absolute atomic E-state index is 12.1. The van der Waals surface area contributed by atoms with Crippen LogP contribution in [-0.2, 0) is 17.5 Å². The van der Waals surface area contributed by atoms with Crippen LogP contribution in [-0.4, -0.2) is 33.3 Å². The number of nitrogens with zero attached hydrogens (tertiary/aromatic N) is 2. The molecule has 11 heteroatoms. The van der Waals surface area contributed by atoms with Crippen molar-refractivity contribution in [2.75, 3.05) is 6.54 Å². The number of halogens is 6. The first kappa shape index (κ1) is 17.2. The number of carboxylic acids is 1. The van der Waals surface area contributed by atoms with Gasteiger partial charge in [0.1, 0.15) is 5.69 Å². The fraction of sp³-hybridized carbons (Fsp3) is 0.500. The molecule has 0 aromatic carbocycles. The molecule has 5 nitrogen and oxygen atoms in total. The molecule has 1 aromatic rings. The topological polar surface area (TPSA) is 81.1 Å². The van der Waals surface area contributed by atoms with E-state index in [1.165, 1.54) is 0 Å². The number of aromatic nitrogens is 2. The summed E-state index contributed by atoms with van der Waals surface area (Å²) in [6.45, 7) is 0.300. The minimum Gasteiger partial charge on any atom is -0.475 e. The average molecular weight is 293 g/mol. The fourth-order valence-electron chi connectivity index (χ4n) is 0.874. The highest BCUT2D eigenvalue weighted by Gasteiger charge is 2.38. The molecule has 3 N–H and O–H groups in total. The van der Waals surface area contributed by atoms with Crippen molar-refractivity contribution in [1.29, 1.82) is 0 Å². The normalized spacial score (nSPS) is 11.7. The number of alkyl halides is 6. The summed E-state index contributed by atoms with van der Waals surface area (Å²) in [5.41, 5.74) is 4.36. The quantitative estimate of drug-likeness (QED) is 0.810. The zero-order valence-corrected chi connectivity index (χ0v) is 9.16. The number of hydrogen-bond acceptors (Lipinski definition) is 3. The van der Waals surface area contributed by atoms with Gasteiger partial charge in [0.05, 0.1) is 12.5 Å². The van der Waals surface area contributed by atoms with Crippen molar-refractivity contribution in [1.82, 2.24) is 9.55 Å². The van der Waals surface area contributed by atoms with Crippen molar-refractivity contribution < 1.29 is 36.2 Å². The van der Waals surface area contributed by atoms with Crippen molar-refractivity contribution in [3.63, 3.8) is 0 Å². The Balaban J connectivity index is 0.000000399. The molecule has 110 valence electrons. The van der Waals surface area contributed by atoms with E-state index in [1.54, 1.807) is 0 Å². The lowest BCUT2D eigenvalue weighted by molar-refractivity contribution is -0.192. The summed E-state index contributed by atoms with van der Waals surface area (Å²) in [6, 6.07) is 0. The van der Waals surface area contributed by atoms with Crippen LogP contribution in [0.15, 0.2) is 12.5 Å². The van der Waals surface area contributed by atoms with Crippen LogP contribution in [0.25, 0.3) is 0 Å². The maximum Gasteiger partial charge on any atom is 0.490 e. The average Bonchev–Trinajstić information content (AvgIpc) is 2.65. The van der Waals surface area contributed by atoms with E-state index in [4.69, 9.17) is 15.6 Å². The van der Waals surface area contributed by atoms with Crippen LogP contribution < -0.4 is 5.73 Å². The molecule has 0 bridgehead atoms. The third-order valence-electron chi connectivity index (χ3n) is 1.62. The lowest BCUT2D eigenvalue weighted by Crippen LogP contribution is -2.21. The van der Waals surface area contributed by atoms with E-state index in [2.05, 4.69) is 4.98 Å². The zero-order valence-electron chi connectivity index (χ0n) is 9.16. The van der Waals surface area contributed by atoms with E-state index in [1.807, 2.05) is 0 Å². The molecule has 0 aliphatic heterocycles. The van der Waals surface area contributed by atoms with Gasteiger partial charge in [-0.1, -0.05) is 0 Å². The molecule has 0 atom stereocenters. The molecule has 0 saturated carbocycles. The molecule has 1 heterocycles. The molecule has 0 amide bonds. The van der Waals surface area contributed by atoms with Gasteiger partial charge in [0, 0.05) is 13.1 Å². The number of hydrogen-bond donors (Lipinski definition) is 2. The van der Waals surface area contributed by atoms with Crippen molar-refractivity contribution in [3.8, 4) is 0 Å². The van der Waals surface area contributed by atoms with Crippen molar-refractivity contribution in [2.45, 2.75) is 18.9 Å². The van der Waals surface area contributed by atoms with Crippen LogP contribution in [0.1, 0.15) is 5.69 Å². The second-order valence-corrected chi connectivity index (χ2v) is 3.06. The highest BCUT2D eigenvalue weighted by Crippen LogP contribution is 2.28. The minimum atomic E-state index is -5.08. The van der Waals surface area contributed by atoms with Crippen LogP contribution in [0, 0.1) is 0 Å². The van der Waals surface area contributed by atoms with Crippen molar-refractivity contribution in [3.05, 3.63) is 18.2 Å². The first-order valence-corrected chi connectivity index (χ1v) is 4.57. The molecule has 0 aliphatic carbocycles. The number of imidazole rings is 1. The van der Waals surface area contributed by atoms with Gasteiger partial charge < -0.3 is 15.4 Å². The molecule has 0 aliphatic rings. The molecule has 0 saturated heterocycles. The molecule has 0 unspecified atom stereocenters. The molecular formula is C8H9F6N3O2. The molecule has 0 spiro atoms. The fourth-order valence-corrected chi connectivity index (χ4v) is 0.874. The smallest absolute Gasteiger partial charge is 0.475 e. The van der Waals surface area contributed by atoms with Gasteiger partial charge in [-0.05, 0) is 0 Å². The molecule has 1 aromatic heterocycles. The lowest BCUT2D eigenvalue weighted by atomic mass is 10.4. The highest BCUT2D eigenvalue weighted by molar-refractivity contribution is 5.73. The predicted molar refractivity (Wildman–Crippen MR) is 50.0 cm³/mol. The SMILES string of the molecule is NCCn1cncc1C(F)(F)F.O=C(O)C(F)(F)F. The van der Waals surface area contributed by atoms with Crippen molar-refractivity contribution >= 4 is 5.97 Å². The summed E-state index contributed by atoms with van der Waals surface area (Å²) in [5, 5.41) is 7.12. The Bertz CT molecular complexity index is 411. The van der Waals surface area contributed by atoms with Crippen LogP contribution in [0.5, 0.6) is 0 Å². The molecule has 19 heavy (non-hydrogen) atoms. The van der Waals surface area contributed by atoms with Gasteiger partial charge in [-0.15, -0.1) is 0 Å². The number of carbonyl (C=O) groups is 1. The first-order valence-electron chi connectivity index (χ1n) is 4.57. The van der Waals surface area contributed by atoms with E-state index >= 15 is 0 Å². The van der Waals surface area contributed by atoms with Gasteiger partial charge >= 0.3 is 18.3 Å². The van der Waals surface area contributed by atoms with E-state index in [9.17, 15) is 26.3 Å². The van der Waals surface area contributed by atoms with Gasteiger partial charge in [-0.25, -0.2) is 9.78 Å². The molecule has 1 rings (SSSR count). The second-order valence-electron chi connectivity index (χ2n) is 3.06. The number of carboxylic acid groups (broad SMARTS) is 1. The predicted octanol–water partition coefficient (Wildman–Crippen LogP) is 1.49. The summed E-state index contributed by atoms with van der Waals surface area (Å²) >= 11 is 0. The maximum atomic E-state index is 12.1. The Kier molecular flexibility index (Phi) is 5.81. The minimum absolute atomic E-state index is 0.134. The van der Waals surface area contributed by atoms with E-state index in [0.717, 1.165) is 17.1 Å². The summed E-state index contributed by atoms with van der Waals surface area (Å²) < 4.78 is 69.0. The van der Waals surface area contributed by atoms with Gasteiger partial charge in [0.2, 0.25) is 0 Å². The second kappa shape index (κ2) is 6.41. The number of aliphatic carboxylic acids is 1. The Morgan fingerprint density at radius 2 is 1.79 bits per heavy atom. The Hall–Kier alpha value is -1.78. The van der Waals surface area contributed by atoms with E-state index < -0.39 is 24.0 Å². The number of rotatable bonds is 2. The lowest BCUT2D eigenvalue weighted by Gasteiger charge is -2.08. The van der Waals surface area contributed by atoms with Gasteiger partial charge in [0.15, 0.2) is 0 Å². The van der Waals surface area contributed by atoms with Crippen molar-refractivity contribution in [2.24, 2.45) is 5.73 Å². The Labute approximate surface area is 102 Å². The largest absolute Gasteiger partial charge is 0.490 e. The van der Waals surface area contributed by atoms with Gasteiger partial charge in [0.25, 0.3) is 0 Å². The molecule has 0 radical (unpaired) electrons. The number of nitrogens with two attached hydrogens (primary N) is 1. The highest BCUT2D eigenvalue weighted by atomic mass is 19.4. The monoisotopic (exact) mass is 293 g/mol. The van der Waals surface area contributed by atoms with Crippen LogP contribution in [0.4, 0.5) is 26.3 Å². The zero-order chi connectivity index (χ0) is 15.3. The van der Waals surface area contributed by atoms with E-state index in [-0.39, 0.29) is 13.1 Å². The third kappa shape index (κ3) is 6.08. The summed E-state index contributed by atoms with van der Waals surface area (Å²) in [4.78, 5) is 12.3. The standard InChI is InChI=1S/C6H8F3N3.C2HF3O2/c7-6(8,9)5-3-11-4-12(5)2-1-10;3-2(4,5)1(6)7/h3-4H,1-2,10H2;(H,6,7). The van der Waals surface area contributed by atoms with Crippen LogP contribution >= 0.6 is 0 Å². The van der Waals surface area contributed by atoms with E-state index in [0.29, 0.717) is 0 Å². The van der Waals surface area contributed by atoms with Gasteiger partial charge in [-0.3, -0.25) is 0 Å². The molecular weight excluding hydrogens is 284 g/mol. The van der Waals surface area contributed by atoms with Crippen LogP contribution in [0.2, 0.25) is 0 Å². The Morgan fingerprint density at radius 3 is 2.11 bits per heavy atom. The summed E-state index contributed by atoms with van der Waals surface area (Å²) in [7, 11) is 0. The summed E-state index contributed by atoms with van der Waals surface area (Å²) in [6.07, 6.45) is -7.52. The summed E-state index contributed by atoms with van der Waals surface area (Å²) in [5.74, 6) is -2.76. The third-order valence-corrected chi connectivity index (χ3v) is 1.62.